The lowest BCUT2D eigenvalue weighted by molar-refractivity contribution is -0.123. The van der Waals surface area contributed by atoms with Gasteiger partial charge in [-0.1, -0.05) is 62.4 Å². The van der Waals surface area contributed by atoms with E-state index in [-0.39, 0.29) is 46.8 Å². The van der Waals surface area contributed by atoms with Gasteiger partial charge in [0.25, 0.3) is 23.3 Å². The van der Waals surface area contributed by atoms with Crippen LogP contribution in [0.4, 0.5) is 0 Å². The smallest absolute Gasteiger partial charge is 0.275 e. The zero-order valence-corrected chi connectivity index (χ0v) is 29.6. The van der Waals surface area contributed by atoms with Crippen LogP contribution in [0.5, 0.6) is 0 Å². The minimum absolute atomic E-state index is 0.0232. The molecule has 0 saturated heterocycles. The van der Waals surface area contributed by atoms with Gasteiger partial charge >= 0.3 is 0 Å². The Morgan fingerprint density at radius 3 is 2.39 bits per heavy atom. The van der Waals surface area contributed by atoms with Gasteiger partial charge in [-0.05, 0) is 37.8 Å². The van der Waals surface area contributed by atoms with Gasteiger partial charge in [0.1, 0.15) is 22.5 Å². The van der Waals surface area contributed by atoms with E-state index in [1.807, 2.05) is 44.2 Å². The quantitative estimate of drug-likeness (QED) is 0.252. The fraction of sp³-hybridized carbons (Fsp3) is 0.333. The van der Waals surface area contributed by atoms with E-state index >= 15 is 0 Å². The third kappa shape index (κ3) is 7.57. The van der Waals surface area contributed by atoms with Gasteiger partial charge in [-0.2, -0.15) is 5.10 Å². The number of fused-ring (bicyclic) bond motifs is 5. The van der Waals surface area contributed by atoms with Crippen LogP contribution in [0.2, 0.25) is 0 Å². The number of amides is 4. The van der Waals surface area contributed by atoms with Gasteiger partial charge in [0.15, 0.2) is 11.4 Å². The summed E-state index contributed by atoms with van der Waals surface area (Å²) in [5.74, 6) is -1.95. The van der Waals surface area contributed by atoms with Gasteiger partial charge in [-0.3, -0.25) is 24.0 Å². The maximum atomic E-state index is 14.5. The number of oxazole rings is 1. The van der Waals surface area contributed by atoms with Crippen LogP contribution in [0.25, 0.3) is 10.8 Å². The molecule has 0 radical (unpaired) electrons. The summed E-state index contributed by atoms with van der Waals surface area (Å²) in [5.41, 5.74) is 0.680. The number of aryl methyl sites for hydroxylation is 2. The van der Waals surface area contributed by atoms with Gasteiger partial charge in [0.2, 0.25) is 11.8 Å². The molecule has 15 heteroatoms. The van der Waals surface area contributed by atoms with Crippen molar-refractivity contribution >= 4 is 45.7 Å². The van der Waals surface area contributed by atoms with Gasteiger partial charge in [-0.15, -0.1) is 11.3 Å². The van der Waals surface area contributed by atoms with E-state index in [0.29, 0.717) is 22.2 Å². The monoisotopic (exact) mass is 710 g/mol. The molecule has 0 saturated carbocycles. The Balaban J connectivity index is 1.45. The molecule has 0 aliphatic carbocycles. The maximum absolute atomic E-state index is 14.5. The first kappa shape index (κ1) is 35.1. The number of aromatic nitrogens is 4. The summed E-state index contributed by atoms with van der Waals surface area (Å²) < 4.78 is 7.02. The topological polar surface area (TPSA) is 181 Å². The van der Waals surface area contributed by atoms with Crippen LogP contribution < -0.4 is 21.5 Å². The Morgan fingerprint density at radius 2 is 1.67 bits per heavy atom. The Hall–Kier alpha value is -5.70. The fourth-order valence-corrected chi connectivity index (χ4v) is 6.80. The second-order valence-corrected chi connectivity index (χ2v) is 13.8. The first-order valence-electron chi connectivity index (χ1n) is 16.5. The molecule has 4 bridgehead atoms. The van der Waals surface area contributed by atoms with Gasteiger partial charge in [0.05, 0.1) is 24.0 Å². The van der Waals surface area contributed by atoms with E-state index in [2.05, 4.69) is 31.0 Å². The largest absolute Gasteiger partial charge is 0.443 e. The van der Waals surface area contributed by atoms with Gasteiger partial charge < -0.3 is 25.3 Å². The average molecular weight is 711 g/mol. The molecule has 5 aromatic rings. The summed E-state index contributed by atoms with van der Waals surface area (Å²) in [6, 6.07) is 14.1. The van der Waals surface area contributed by atoms with Crippen LogP contribution >= 0.6 is 11.3 Å². The number of thiazole rings is 1. The molecule has 0 spiro atoms. The number of hydrogen-bond acceptors (Lipinski definition) is 10. The maximum Gasteiger partial charge on any atom is 0.275 e. The van der Waals surface area contributed by atoms with Crippen molar-refractivity contribution in [2.75, 3.05) is 13.1 Å². The molecule has 0 fully saturated rings. The summed E-state index contributed by atoms with van der Waals surface area (Å²) in [4.78, 5) is 78.7. The van der Waals surface area contributed by atoms with Crippen molar-refractivity contribution in [2.45, 2.75) is 52.2 Å². The molecule has 4 heterocycles. The molecule has 6 rings (SSSR count). The van der Waals surface area contributed by atoms with Crippen LogP contribution in [-0.2, 0) is 18.3 Å². The van der Waals surface area contributed by atoms with Crippen LogP contribution in [0.3, 0.4) is 0 Å². The second-order valence-electron chi connectivity index (χ2n) is 12.9. The minimum atomic E-state index is -0.746. The molecule has 3 aromatic heterocycles. The van der Waals surface area contributed by atoms with E-state index in [1.54, 1.807) is 43.5 Å². The van der Waals surface area contributed by atoms with E-state index < -0.39 is 48.3 Å². The molecule has 1 aliphatic rings. The summed E-state index contributed by atoms with van der Waals surface area (Å²) in [5, 5.41) is 15.9. The molecule has 0 unspecified atom stereocenters. The molecule has 51 heavy (non-hydrogen) atoms. The summed E-state index contributed by atoms with van der Waals surface area (Å²) in [6.45, 7) is 6.57. The first-order chi connectivity index (χ1) is 24.4. The van der Waals surface area contributed by atoms with Crippen molar-refractivity contribution in [3.8, 4) is 0 Å². The van der Waals surface area contributed by atoms with E-state index in [4.69, 9.17) is 4.42 Å². The predicted octanol–water partition coefficient (Wildman–Crippen LogP) is 3.49. The molecular formula is C36H38N8O6S. The normalized spacial score (nSPS) is 18.9. The zero-order chi connectivity index (χ0) is 36.4. The Bertz CT molecular complexity index is 2170. The van der Waals surface area contributed by atoms with Crippen molar-refractivity contribution in [1.82, 2.24) is 40.6 Å². The molecule has 2 aromatic carbocycles. The number of benzene rings is 2. The number of nitrogens with one attached hydrogen (secondary N) is 3. The molecule has 3 atom stereocenters. The van der Waals surface area contributed by atoms with Crippen LogP contribution in [-0.4, -0.2) is 67.4 Å². The van der Waals surface area contributed by atoms with Crippen molar-refractivity contribution in [2.24, 2.45) is 13.0 Å². The Kier molecular flexibility index (Phi) is 10.1. The first-order valence-corrected chi connectivity index (χ1v) is 17.4. The summed E-state index contributed by atoms with van der Waals surface area (Å²) in [6.07, 6.45) is 0.315. The van der Waals surface area contributed by atoms with Gasteiger partial charge in [-0.25, -0.2) is 14.6 Å². The van der Waals surface area contributed by atoms with Crippen molar-refractivity contribution in [1.29, 1.82) is 0 Å². The highest BCUT2D eigenvalue weighted by atomic mass is 32.1. The van der Waals surface area contributed by atoms with Crippen LogP contribution in [0.15, 0.2) is 69.2 Å². The highest BCUT2D eigenvalue weighted by molar-refractivity contribution is 7.09. The van der Waals surface area contributed by atoms with Gasteiger partial charge in [0, 0.05) is 24.4 Å². The number of carbonyl (C=O) groups excluding carboxylic acids is 4. The number of carbonyl (C=O) groups is 4. The Labute approximate surface area is 297 Å². The summed E-state index contributed by atoms with van der Waals surface area (Å²) in [7, 11) is 1.46. The SMILES string of the molecule is Cc1oc2nc1C(=O)N[C@H](C)c1nc(cs1)C(=O)N[C@H](Cc1ccccc1)CN(C(=O)c1nn(C)c(=O)c3ccccc13)CC(=O)N[C@H]2C(C)C. The Morgan fingerprint density at radius 1 is 0.961 bits per heavy atom. The van der Waals surface area contributed by atoms with Crippen molar-refractivity contribution in [3.63, 3.8) is 0 Å². The predicted molar refractivity (Wildman–Crippen MR) is 189 cm³/mol. The average Bonchev–Trinajstić information content (AvgIpc) is 3.76. The van der Waals surface area contributed by atoms with E-state index in [1.165, 1.54) is 23.3 Å². The minimum Gasteiger partial charge on any atom is -0.443 e. The number of nitrogens with zero attached hydrogens (tertiary/aromatic N) is 5. The van der Waals surface area contributed by atoms with Crippen LogP contribution in [0.1, 0.15) is 86.5 Å². The molecular weight excluding hydrogens is 673 g/mol. The number of rotatable bonds is 4. The highest BCUT2D eigenvalue weighted by Crippen LogP contribution is 2.25. The van der Waals surface area contributed by atoms with Crippen LogP contribution in [0, 0.1) is 12.8 Å². The molecule has 14 nitrogen and oxygen atoms in total. The molecule has 4 amide bonds. The molecule has 264 valence electrons. The van der Waals surface area contributed by atoms with E-state index in [9.17, 15) is 24.0 Å². The third-order valence-electron chi connectivity index (χ3n) is 8.63. The lowest BCUT2D eigenvalue weighted by Crippen LogP contribution is -2.50. The lowest BCUT2D eigenvalue weighted by Gasteiger charge is -2.29. The van der Waals surface area contributed by atoms with Crippen molar-refractivity contribution < 1.29 is 23.6 Å². The van der Waals surface area contributed by atoms with E-state index in [0.717, 1.165) is 10.2 Å². The fourth-order valence-electron chi connectivity index (χ4n) is 6.00. The summed E-state index contributed by atoms with van der Waals surface area (Å²) >= 11 is 1.22. The lowest BCUT2D eigenvalue weighted by atomic mass is 10.0. The second kappa shape index (κ2) is 14.6. The highest BCUT2D eigenvalue weighted by Gasteiger charge is 2.32. The number of hydrogen-bond donors (Lipinski definition) is 3. The molecule has 1 aliphatic heterocycles. The zero-order valence-electron chi connectivity index (χ0n) is 28.8. The standard InChI is InChI=1S/C36H38N8O6S/c1-19(2)28-33-41-29(21(4)50-33)32(47)37-20(3)34-39-26(18-51-34)31(46)38-23(15-22-11-7-6-8-12-22)16-44(17-27(45)40-28)36(49)30-24-13-9-10-14-25(24)35(48)43(5)42-30/h6-14,18-20,23,28H,15-17H2,1-5H3,(H,37,47)(H,38,46)(H,40,45)/t20-,23-,28+/m1/s1. The van der Waals surface area contributed by atoms with Crippen molar-refractivity contribution in [3.05, 3.63) is 110 Å². The third-order valence-corrected chi connectivity index (χ3v) is 9.66. The molecule has 3 N–H and O–H groups in total.